The Morgan fingerprint density at radius 3 is 3.07 bits per heavy atom. The van der Waals surface area contributed by atoms with E-state index in [2.05, 4.69) is 18.0 Å². The summed E-state index contributed by atoms with van der Waals surface area (Å²) in [5.41, 5.74) is 4.48. The third-order valence-corrected chi connectivity index (χ3v) is 2.59. The van der Waals surface area contributed by atoms with Crippen molar-refractivity contribution in [3.05, 3.63) is 28.6 Å². The molecule has 3 heteroatoms. The summed E-state index contributed by atoms with van der Waals surface area (Å²) in [7, 11) is 0. The Bertz CT molecular complexity index is 401. The molecular formula is C11H13NO2. The van der Waals surface area contributed by atoms with Crippen molar-refractivity contribution in [2.45, 2.75) is 26.2 Å². The summed E-state index contributed by atoms with van der Waals surface area (Å²) < 4.78 is 0. The van der Waals surface area contributed by atoms with Crippen molar-refractivity contribution in [2.75, 3.05) is 0 Å². The van der Waals surface area contributed by atoms with Gasteiger partial charge in [0.05, 0.1) is 6.42 Å². The molecule has 0 saturated heterocycles. The van der Waals surface area contributed by atoms with Gasteiger partial charge in [0, 0.05) is 11.9 Å². The number of hydrogen-bond donors (Lipinski definition) is 2. The van der Waals surface area contributed by atoms with Crippen LogP contribution in [0.3, 0.4) is 0 Å². The highest BCUT2D eigenvalue weighted by Crippen LogP contribution is 2.26. The average molecular weight is 191 g/mol. The van der Waals surface area contributed by atoms with Gasteiger partial charge in [0.1, 0.15) is 0 Å². The minimum Gasteiger partial charge on any atom is -0.481 e. The number of aromatic amines is 1. The number of fused-ring (bicyclic) bond motifs is 1. The summed E-state index contributed by atoms with van der Waals surface area (Å²) in [6.45, 7) is 2.08. The molecule has 74 valence electrons. The first kappa shape index (κ1) is 9.06. The SMILES string of the molecule is CC1=Cc2c(CC(=O)O)c[nH]c2CC1. The molecule has 0 atom stereocenters. The molecule has 0 aliphatic heterocycles. The highest BCUT2D eigenvalue weighted by Gasteiger charge is 2.15. The van der Waals surface area contributed by atoms with Gasteiger partial charge in [0.25, 0.3) is 0 Å². The maximum absolute atomic E-state index is 10.6. The van der Waals surface area contributed by atoms with Crippen LogP contribution >= 0.6 is 0 Å². The Morgan fingerprint density at radius 1 is 1.57 bits per heavy atom. The number of rotatable bonds is 2. The lowest BCUT2D eigenvalue weighted by Crippen LogP contribution is -2.02. The minimum atomic E-state index is -0.775. The number of hydrogen-bond acceptors (Lipinski definition) is 1. The van der Waals surface area contributed by atoms with Crippen LogP contribution < -0.4 is 0 Å². The first-order valence-corrected chi connectivity index (χ1v) is 4.75. The number of allylic oxidation sites excluding steroid dienone is 1. The zero-order chi connectivity index (χ0) is 10.1. The Balaban J connectivity index is 2.37. The number of carboxylic acid groups (broad SMARTS) is 1. The lowest BCUT2D eigenvalue weighted by atomic mass is 9.95. The fourth-order valence-corrected chi connectivity index (χ4v) is 1.86. The lowest BCUT2D eigenvalue weighted by molar-refractivity contribution is -0.136. The van der Waals surface area contributed by atoms with E-state index >= 15 is 0 Å². The number of carboxylic acids is 1. The monoisotopic (exact) mass is 191 g/mol. The summed E-state index contributed by atoms with van der Waals surface area (Å²) >= 11 is 0. The van der Waals surface area contributed by atoms with Gasteiger partial charge < -0.3 is 10.1 Å². The van der Waals surface area contributed by atoms with E-state index < -0.39 is 5.97 Å². The van der Waals surface area contributed by atoms with Gasteiger partial charge in [-0.1, -0.05) is 11.6 Å². The van der Waals surface area contributed by atoms with Crippen molar-refractivity contribution in [3.63, 3.8) is 0 Å². The van der Waals surface area contributed by atoms with E-state index in [9.17, 15) is 4.79 Å². The first-order valence-electron chi connectivity index (χ1n) is 4.75. The second-order valence-electron chi connectivity index (χ2n) is 3.77. The Morgan fingerprint density at radius 2 is 2.36 bits per heavy atom. The van der Waals surface area contributed by atoms with Gasteiger partial charge in [-0.3, -0.25) is 4.79 Å². The number of H-pyrrole nitrogens is 1. The van der Waals surface area contributed by atoms with Crippen molar-refractivity contribution in [3.8, 4) is 0 Å². The van der Waals surface area contributed by atoms with Crippen molar-refractivity contribution in [1.82, 2.24) is 4.98 Å². The molecule has 3 nitrogen and oxygen atoms in total. The van der Waals surface area contributed by atoms with E-state index in [-0.39, 0.29) is 6.42 Å². The van der Waals surface area contributed by atoms with Crippen molar-refractivity contribution >= 4 is 12.0 Å². The molecule has 0 unspecified atom stereocenters. The molecule has 0 saturated carbocycles. The number of carbonyl (C=O) groups is 1. The van der Waals surface area contributed by atoms with Crippen molar-refractivity contribution < 1.29 is 9.90 Å². The molecule has 1 aromatic rings. The molecule has 1 aliphatic carbocycles. The second-order valence-corrected chi connectivity index (χ2v) is 3.77. The van der Waals surface area contributed by atoms with Crippen LogP contribution in [0.15, 0.2) is 11.8 Å². The van der Waals surface area contributed by atoms with Crippen LogP contribution in [0.4, 0.5) is 0 Å². The van der Waals surface area contributed by atoms with E-state index in [0.717, 1.165) is 24.0 Å². The molecule has 14 heavy (non-hydrogen) atoms. The van der Waals surface area contributed by atoms with Crippen LogP contribution in [0.5, 0.6) is 0 Å². The zero-order valence-electron chi connectivity index (χ0n) is 8.13. The largest absolute Gasteiger partial charge is 0.481 e. The molecule has 0 fully saturated rings. The molecule has 0 amide bonds. The van der Waals surface area contributed by atoms with E-state index in [4.69, 9.17) is 5.11 Å². The second kappa shape index (κ2) is 3.33. The van der Waals surface area contributed by atoms with Crippen LogP contribution in [-0.4, -0.2) is 16.1 Å². The van der Waals surface area contributed by atoms with Gasteiger partial charge in [-0.15, -0.1) is 0 Å². The van der Waals surface area contributed by atoms with Crippen LogP contribution in [0.1, 0.15) is 30.2 Å². The van der Waals surface area contributed by atoms with Gasteiger partial charge >= 0.3 is 5.97 Å². The number of aliphatic carboxylic acids is 1. The third-order valence-electron chi connectivity index (χ3n) is 2.59. The fraction of sp³-hybridized carbons (Fsp3) is 0.364. The van der Waals surface area contributed by atoms with E-state index in [1.165, 1.54) is 11.3 Å². The van der Waals surface area contributed by atoms with Gasteiger partial charge in [-0.2, -0.15) is 0 Å². The molecule has 1 aliphatic rings. The van der Waals surface area contributed by atoms with Gasteiger partial charge in [0.2, 0.25) is 0 Å². The minimum absolute atomic E-state index is 0.107. The van der Waals surface area contributed by atoms with E-state index in [1.807, 2.05) is 6.20 Å². The summed E-state index contributed by atoms with van der Waals surface area (Å²) in [4.78, 5) is 13.7. The molecule has 1 aromatic heterocycles. The molecule has 0 spiro atoms. The standard InChI is InChI=1S/C11H13NO2/c1-7-2-3-10-9(4-7)8(6-12-10)5-11(13)14/h4,6,12H,2-3,5H2,1H3,(H,13,14). The predicted molar refractivity (Wildman–Crippen MR) is 54.1 cm³/mol. The smallest absolute Gasteiger partial charge is 0.307 e. The number of aryl methyl sites for hydroxylation is 1. The normalized spacial score (nSPS) is 14.8. The van der Waals surface area contributed by atoms with Gasteiger partial charge in [-0.05, 0) is 30.9 Å². The highest BCUT2D eigenvalue weighted by atomic mass is 16.4. The number of aromatic nitrogens is 1. The maximum atomic E-state index is 10.6. The Hall–Kier alpha value is -1.51. The van der Waals surface area contributed by atoms with Crippen molar-refractivity contribution in [2.24, 2.45) is 0 Å². The number of nitrogens with one attached hydrogen (secondary N) is 1. The lowest BCUT2D eigenvalue weighted by Gasteiger charge is -2.10. The van der Waals surface area contributed by atoms with Gasteiger partial charge in [-0.25, -0.2) is 0 Å². The van der Waals surface area contributed by atoms with Crippen LogP contribution in [0, 0.1) is 0 Å². The summed E-state index contributed by atoms with van der Waals surface area (Å²) in [6, 6.07) is 0. The summed E-state index contributed by atoms with van der Waals surface area (Å²) in [5.74, 6) is -0.775. The predicted octanol–water partition coefficient (Wildman–Crippen LogP) is 1.99. The Kier molecular flexibility index (Phi) is 2.15. The molecule has 2 rings (SSSR count). The molecule has 0 radical (unpaired) electrons. The molecule has 1 heterocycles. The molecule has 0 bridgehead atoms. The first-order chi connectivity index (χ1) is 6.66. The summed E-state index contributed by atoms with van der Waals surface area (Å²) in [5, 5.41) is 8.72. The molecule has 2 N–H and O–H groups in total. The third kappa shape index (κ3) is 1.58. The maximum Gasteiger partial charge on any atom is 0.307 e. The molecule has 0 aromatic carbocycles. The van der Waals surface area contributed by atoms with E-state index in [0.29, 0.717) is 0 Å². The van der Waals surface area contributed by atoms with Crippen molar-refractivity contribution in [1.29, 1.82) is 0 Å². The van der Waals surface area contributed by atoms with Crippen LogP contribution in [0.25, 0.3) is 6.08 Å². The summed E-state index contributed by atoms with van der Waals surface area (Å²) in [6.07, 6.45) is 6.08. The fourth-order valence-electron chi connectivity index (χ4n) is 1.86. The van der Waals surface area contributed by atoms with Crippen LogP contribution in [-0.2, 0) is 17.6 Å². The molecular weight excluding hydrogens is 178 g/mol. The zero-order valence-corrected chi connectivity index (χ0v) is 8.13. The Labute approximate surface area is 82.5 Å². The topological polar surface area (TPSA) is 53.1 Å². The van der Waals surface area contributed by atoms with Crippen LogP contribution in [0.2, 0.25) is 0 Å². The highest BCUT2D eigenvalue weighted by molar-refractivity contribution is 5.74. The van der Waals surface area contributed by atoms with E-state index in [1.54, 1.807) is 0 Å². The quantitative estimate of drug-likeness (QED) is 0.751. The van der Waals surface area contributed by atoms with Gasteiger partial charge in [0.15, 0.2) is 0 Å². The average Bonchev–Trinajstić information content (AvgIpc) is 2.47.